The molecule has 0 saturated carbocycles. The van der Waals surface area contributed by atoms with Gasteiger partial charge in [-0.05, 0) is 26.8 Å². The van der Waals surface area contributed by atoms with Gasteiger partial charge in [0.25, 0.3) is 0 Å². The number of rotatable bonds is 8. The average Bonchev–Trinajstić information content (AvgIpc) is 2.36. The molecule has 0 spiro atoms. The van der Waals surface area contributed by atoms with Crippen molar-refractivity contribution in [3.05, 3.63) is 29.8 Å². The van der Waals surface area contributed by atoms with Crippen molar-refractivity contribution in [3.63, 3.8) is 0 Å². The fourth-order valence-electron chi connectivity index (χ4n) is 1.63. The zero-order valence-corrected chi connectivity index (χ0v) is 11.3. The number of aliphatic hydroxyl groups is 1. The lowest BCUT2D eigenvalue weighted by atomic mass is 10.1. The second-order valence-corrected chi connectivity index (χ2v) is 3.87. The topological polar surface area (TPSA) is 47.9 Å². The smallest absolute Gasteiger partial charge is 0.191 e. The van der Waals surface area contributed by atoms with Crippen LogP contribution >= 0.6 is 0 Å². The second kappa shape index (κ2) is 8.08. The second-order valence-electron chi connectivity index (χ2n) is 3.87. The Morgan fingerprint density at radius 1 is 1.11 bits per heavy atom. The summed E-state index contributed by atoms with van der Waals surface area (Å²) in [7, 11) is 0. The molecule has 0 aliphatic rings. The first-order valence-electron chi connectivity index (χ1n) is 6.32. The zero-order chi connectivity index (χ0) is 13.4. The summed E-state index contributed by atoms with van der Waals surface area (Å²) in [5.74, 6) is 0.664. The van der Waals surface area contributed by atoms with E-state index in [0.29, 0.717) is 25.6 Å². The molecule has 1 rings (SSSR count). The summed E-state index contributed by atoms with van der Waals surface area (Å²) in [6.07, 6.45) is -0.930. The Labute approximate surface area is 108 Å². The molecule has 18 heavy (non-hydrogen) atoms. The maximum Gasteiger partial charge on any atom is 0.191 e. The van der Waals surface area contributed by atoms with Crippen molar-refractivity contribution >= 4 is 0 Å². The van der Waals surface area contributed by atoms with Crippen LogP contribution in [0.25, 0.3) is 0 Å². The molecule has 1 N–H and O–H groups in total. The third-order valence-electron chi connectivity index (χ3n) is 2.45. The summed E-state index contributed by atoms with van der Waals surface area (Å²) >= 11 is 0. The molecule has 0 aromatic heterocycles. The molecule has 0 saturated heterocycles. The highest BCUT2D eigenvalue weighted by Crippen LogP contribution is 2.24. The van der Waals surface area contributed by atoms with Crippen LogP contribution < -0.4 is 4.74 Å². The first-order chi connectivity index (χ1) is 8.69. The number of hydrogen-bond donors (Lipinski definition) is 1. The zero-order valence-electron chi connectivity index (χ0n) is 11.3. The van der Waals surface area contributed by atoms with E-state index < -0.39 is 6.10 Å². The Balaban J connectivity index is 2.61. The quantitative estimate of drug-likeness (QED) is 0.724. The lowest BCUT2D eigenvalue weighted by Gasteiger charge is -2.19. The molecule has 0 fully saturated rings. The Morgan fingerprint density at radius 2 is 1.72 bits per heavy atom. The van der Waals surface area contributed by atoms with Crippen LogP contribution in [0.3, 0.4) is 0 Å². The van der Waals surface area contributed by atoms with Crippen molar-refractivity contribution in [2.45, 2.75) is 33.2 Å². The summed E-state index contributed by atoms with van der Waals surface area (Å²) in [6, 6.07) is 7.42. The highest BCUT2D eigenvalue weighted by atomic mass is 16.7. The van der Waals surface area contributed by atoms with Gasteiger partial charge in [0.2, 0.25) is 0 Å². The van der Waals surface area contributed by atoms with Crippen LogP contribution in [0.1, 0.15) is 32.4 Å². The predicted octanol–water partition coefficient (Wildman–Crippen LogP) is 2.52. The van der Waals surface area contributed by atoms with E-state index in [9.17, 15) is 5.11 Å². The summed E-state index contributed by atoms with van der Waals surface area (Å²) < 4.78 is 16.4. The van der Waals surface area contributed by atoms with E-state index in [-0.39, 0.29) is 6.29 Å². The summed E-state index contributed by atoms with van der Waals surface area (Å²) in [6.45, 7) is 7.00. The van der Waals surface area contributed by atoms with E-state index in [1.165, 1.54) is 0 Å². The third kappa shape index (κ3) is 4.64. The molecular formula is C14H22O4. The van der Waals surface area contributed by atoms with Crippen molar-refractivity contribution in [1.82, 2.24) is 0 Å². The van der Waals surface area contributed by atoms with Gasteiger partial charge in [0.1, 0.15) is 12.4 Å². The summed E-state index contributed by atoms with van der Waals surface area (Å²) in [5, 5.41) is 9.63. The van der Waals surface area contributed by atoms with Gasteiger partial charge in [-0.1, -0.05) is 18.2 Å². The standard InChI is InChI=1S/C14H22O4/c1-4-16-14(17-5-2)10-18-13-9-7-6-8-12(13)11(3)15/h6-9,11,14-15H,4-5,10H2,1-3H3/t11-/m1/s1. The van der Waals surface area contributed by atoms with Crippen LogP contribution in [0.5, 0.6) is 5.75 Å². The van der Waals surface area contributed by atoms with Gasteiger partial charge in [-0.15, -0.1) is 0 Å². The van der Waals surface area contributed by atoms with Gasteiger partial charge in [-0.25, -0.2) is 0 Å². The summed E-state index contributed by atoms with van der Waals surface area (Å²) in [5.41, 5.74) is 0.768. The number of para-hydroxylation sites is 1. The summed E-state index contributed by atoms with van der Waals surface area (Å²) in [4.78, 5) is 0. The SMILES string of the molecule is CCOC(COc1ccccc1[C@@H](C)O)OCC. The van der Waals surface area contributed by atoms with Crippen molar-refractivity contribution in [3.8, 4) is 5.75 Å². The molecule has 0 aliphatic heterocycles. The molecule has 102 valence electrons. The monoisotopic (exact) mass is 254 g/mol. The normalized spacial score (nSPS) is 12.7. The van der Waals surface area contributed by atoms with Crippen molar-refractivity contribution in [2.24, 2.45) is 0 Å². The van der Waals surface area contributed by atoms with Crippen LogP contribution in [0, 0.1) is 0 Å². The number of ether oxygens (including phenoxy) is 3. The van der Waals surface area contributed by atoms with E-state index in [0.717, 1.165) is 5.56 Å². The molecule has 0 amide bonds. The highest BCUT2D eigenvalue weighted by Gasteiger charge is 2.12. The Morgan fingerprint density at radius 3 is 2.28 bits per heavy atom. The fourth-order valence-corrected chi connectivity index (χ4v) is 1.63. The van der Waals surface area contributed by atoms with Crippen LogP contribution in [0.15, 0.2) is 24.3 Å². The number of benzene rings is 1. The molecule has 1 atom stereocenters. The van der Waals surface area contributed by atoms with Crippen LogP contribution in [0.2, 0.25) is 0 Å². The molecule has 0 unspecified atom stereocenters. The van der Waals surface area contributed by atoms with Gasteiger partial charge in [0, 0.05) is 18.8 Å². The Kier molecular flexibility index (Phi) is 6.72. The lowest BCUT2D eigenvalue weighted by Crippen LogP contribution is -2.25. The lowest BCUT2D eigenvalue weighted by molar-refractivity contribution is -0.152. The van der Waals surface area contributed by atoms with Gasteiger partial charge >= 0.3 is 0 Å². The van der Waals surface area contributed by atoms with Crippen molar-refractivity contribution in [1.29, 1.82) is 0 Å². The van der Waals surface area contributed by atoms with Gasteiger partial charge < -0.3 is 19.3 Å². The third-order valence-corrected chi connectivity index (χ3v) is 2.45. The van der Waals surface area contributed by atoms with Gasteiger partial charge in [0.05, 0.1) is 6.10 Å². The molecule has 1 aromatic rings. The van der Waals surface area contributed by atoms with E-state index in [1.54, 1.807) is 6.92 Å². The van der Waals surface area contributed by atoms with E-state index >= 15 is 0 Å². The minimum absolute atomic E-state index is 0.311. The van der Waals surface area contributed by atoms with E-state index in [2.05, 4.69) is 0 Å². The highest BCUT2D eigenvalue weighted by molar-refractivity contribution is 5.34. The maximum atomic E-state index is 9.63. The first-order valence-corrected chi connectivity index (χ1v) is 6.32. The predicted molar refractivity (Wildman–Crippen MR) is 69.6 cm³/mol. The Hall–Kier alpha value is -1.10. The van der Waals surface area contributed by atoms with E-state index in [1.807, 2.05) is 38.1 Å². The van der Waals surface area contributed by atoms with Gasteiger partial charge in [0.15, 0.2) is 6.29 Å². The molecule has 0 bridgehead atoms. The molecule has 0 radical (unpaired) electrons. The average molecular weight is 254 g/mol. The van der Waals surface area contributed by atoms with Crippen LogP contribution in [-0.2, 0) is 9.47 Å². The first kappa shape index (κ1) is 15.0. The largest absolute Gasteiger partial charge is 0.488 e. The molecule has 0 heterocycles. The minimum atomic E-state index is -0.557. The number of hydrogen-bond acceptors (Lipinski definition) is 4. The maximum absolute atomic E-state index is 9.63. The molecule has 1 aromatic carbocycles. The molecular weight excluding hydrogens is 232 g/mol. The number of aliphatic hydroxyl groups excluding tert-OH is 1. The molecule has 4 nitrogen and oxygen atoms in total. The van der Waals surface area contributed by atoms with Gasteiger partial charge in [-0.2, -0.15) is 0 Å². The van der Waals surface area contributed by atoms with Gasteiger partial charge in [-0.3, -0.25) is 0 Å². The molecule has 4 heteroatoms. The van der Waals surface area contributed by atoms with Crippen LogP contribution in [-0.4, -0.2) is 31.2 Å². The van der Waals surface area contributed by atoms with Crippen molar-refractivity contribution < 1.29 is 19.3 Å². The minimum Gasteiger partial charge on any atom is -0.488 e. The molecule has 0 aliphatic carbocycles. The van der Waals surface area contributed by atoms with Crippen molar-refractivity contribution in [2.75, 3.05) is 19.8 Å². The fraction of sp³-hybridized carbons (Fsp3) is 0.571. The van der Waals surface area contributed by atoms with Crippen LogP contribution in [0.4, 0.5) is 0 Å². The van der Waals surface area contributed by atoms with E-state index in [4.69, 9.17) is 14.2 Å². The Bertz CT molecular complexity index is 332.